The predicted molar refractivity (Wildman–Crippen MR) is 82.8 cm³/mol. The van der Waals surface area contributed by atoms with Crippen molar-refractivity contribution in [2.24, 2.45) is 5.92 Å². The van der Waals surface area contributed by atoms with Crippen molar-refractivity contribution in [1.29, 1.82) is 0 Å². The lowest BCUT2D eigenvalue weighted by molar-refractivity contribution is -0.0979. The Labute approximate surface area is 127 Å². The van der Waals surface area contributed by atoms with Crippen LogP contribution >= 0.6 is 0 Å². The first-order valence-electron chi connectivity index (χ1n) is 8.21. The van der Waals surface area contributed by atoms with E-state index in [1.54, 1.807) is 6.07 Å². The Morgan fingerprint density at radius 3 is 2.76 bits per heavy atom. The molecule has 1 saturated heterocycles. The first-order valence-corrected chi connectivity index (χ1v) is 8.21. The number of benzene rings is 1. The lowest BCUT2D eigenvalue weighted by atomic mass is 9.78. The Kier molecular flexibility index (Phi) is 4.32. The number of aryl methyl sites for hydroxylation is 1. The van der Waals surface area contributed by atoms with Gasteiger partial charge in [0.05, 0.1) is 5.60 Å². The van der Waals surface area contributed by atoms with E-state index in [4.69, 9.17) is 4.74 Å². The minimum atomic E-state index is -0.101. The van der Waals surface area contributed by atoms with Crippen LogP contribution in [0.15, 0.2) is 18.2 Å². The molecular weight excluding hydrogens is 265 g/mol. The van der Waals surface area contributed by atoms with Gasteiger partial charge in [-0.3, -0.25) is 0 Å². The second-order valence-corrected chi connectivity index (χ2v) is 6.77. The van der Waals surface area contributed by atoms with Crippen LogP contribution in [0.25, 0.3) is 0 Å². The number of rotatable bonds is 3. The summed E-state index contributed by atoms with van der Waals surface area (Å²) in [6.45, 7) is 2.66. The first-order chi connectivity index (χ1) is 10.1. The van der Waals surface area contributed by atoms with Crippen LogP contribution in [0.1, 0.15) is 55.7 Å². The highest BCUT2D eigenvalue weighted by Crippen LogP contribution is 2.45. The standard InChI is InChI=1S/C18H26FNO/c1-13-5-6-14(11-16(13)19)17(20-2)15-7-10-21-18(12-15)8-3-4-9-18/h5-6,11,15,17,20H,3-4,7-10,12H2,1-2H3. The van der Waals surface area contributed by atoms with Gasteiger partial charge in [-0.05, 0) is 62.8 Å². The fourth-order valence-electron chi connectivity index (χ4n) is 4.20. The summed E-state index contributed by atoms with van der Waals surface area (Å²) in [5.41, 5.74) is 1.90. The molecule has 2 aliphatic rings. The molecule has 3 heteroatoms. The van der Waals surface area contributed by atoms with E-state index < -0.39 is 0 Å². The van der Waals surface area contributed by atoms with Crippen LogP contribution in [0, 0.1) is 18.7 Å². The molecule has 2 atom stereocenters. The molecule has 0 amide bonds. The fraction of sp³-hybridized carbons (Fsp3) is 0.667. The monoisotopic (exact) mass is 291 g/mol. The number of hydrogen-bond donors (Lipinski definition) is 1. The van der Waals surface area contributed by atoms with E-state index in [0.29, 0.717) is 11.5 Å². The molecule has 1 spiro atoms. The summed E-state index contributed by atoms with van der Waals surface area (Å²) < 4.78 is 20.0. The molecule has 2 fully saturated rings. The zero-order chi connectivity index (χ0) is 14.9. The van der Waals surface area contributed by atoms with Crippen molar-refractivity contribution in [3.8, 4) is 0 Å². The molecule has 0 radical (unpaired) electrons. The molecule has 3 rings (SSSR count). The largest absolute Gasteiger partial charge is 0.375 e. The number of ether oxygens (including phenoxy) is 1. The van der Waals surface area contributed by atoms with E-state index >= 15 is 0 Å². The van der Waals surface area contributed by atoms with Gasteiger partial charge in [-0.25, -0.2) is 4.39 Å². The van der Waals surface area contributed by atoms with Gasteiger partial charge in [0, 0.05) is 12.6 Å². The third-order valence-corrected chi connectivity index (χ3v) is 5.38. The van der Waals surface area contributed by atoms with Crippen molar-refractivity contribution in [3.63, 3.8) is 0 Å². The van der Waals surface area contributed by atoms with E-state index in [-0.39, 0.29) is 17.5 Å². The lowest BCUT2D eigenvalue weighted by Gasteiger charge is -2.41. The van der Waals surface area contributed by atoms with E-state index in [1.165, 1.54) is 25.7 Å². The maximum atomic E-state index is 13.9. The van der Waals surface area contributed by atoms with Crippen molar-refractivity contribution >= 4 is 0 Å². The predicted octanol–water partition coefficient (Wildman–Crippen LogP) is 4.13. The van der Waals surface area contributed by atoms with Crippen molar-refractivity contribution in [1.82, 2.24) is 5.32 Å². The molecule has 1 N–H and O–H groups in total. The highest BCUT2D eigenvalue weighted by Gasteiger charge is 2.42. The Hall–Kier alpha value is -0.930. The van der Waals surface area contributed by atoms with Gasteiger partial charge in [0.2, 0.25) is 0 Å². The van der Waals surface area contributed by atoms with Crippen LogP contribution < -0.4 is 5.32 Å². The molecule has 2 unspecified atom stereocenters. The third kappa shape index (κ3) is 3.00. The van der Waals surface area contributed by atoms with Gasteiger partial charge in [0.15, 0.2) is 0 Å². The highest BCUT2D eigenvalue weighted by molar-refractivity contribution is 5.26. The molecule has 0 bridgehead atoms. The van der Waals surface area contributed by atoms with E-state index in [2.05, 4.69) is 11.4 Å². The molecule has 1 aliphatic carbocycles. The Morgan fingerprint density at radius 1 is 1.33 bits per heavy atom. The Bertz CT molecular complexity index is 496. The van der Waals surface area contributed by atoms with Crippen LogP contribution in [0.4, 0.5) is 4.39 Å². The van der Waals surface area contributed by atoms with E-state index in [0.717, 1.165) is 25.0 Å². The minimum absolute atomic E-state index is 0.101. The maximum Gasteiger partial charge on any atom is 0.126 e. The quantitative estimate of drug-likeness (QED) is 0.904. The fourth-order valence-corrected chi connectivity index (χ4v) is 4.20. The average molecular weight is 291 g/mol. The van der Waals surface area contributed by atoms with Gasteiger partial charge < -0.3 is 10.1 Å². The van der Waals surface area contributed by atoms with Crippen molar-refractivity contribution in [2.75, 3.05) is 13.7 Å². The molecule has 1 aromatic rings. The zero-order valence-electron chi connectivity index (χ0n) is 13.1. The van der Waals surface area contributed by atoms with Gasteiger partial charge in [-0.2, -0.15) is 0 Å². The normalized spacial score (nSPS) is 26.1. The zero-order valence-corrected chi connectivity index (χ0v) is 13.1. The summed E-state index contributed by atoms with van der Waals surface area (Å²) >= 11 is 0. The molecule has 1 heterocycles. The number of nitrogens with one attached hydrogen (secondary N) is 1. The third-order valence-electron chi connectivity index (χ3n) is 5.38. The second kappa shape index (κ2) is 6.05. The van der Waals surface area contributed by atoms with Crippen molar-refractivity contribution in [3.05, 3.63) is 35.1 Å². The topological polar surface area (TPSA) is 21.3 Å². The van der Waals surface area contributed by atoms with Gasteiger partial charge >= 0.3 is 0 Å². The Morgan fingerprint density at radius 2 is 2.10 bits per heavy atom. The van der Waals surface area contributed by atoms with Crippen LogP contribution in [0.5, 0.6) is 0 Å². The smallest absolute Gasteiger partial charge is 0.126 e. The first kappa shape index (κ1) is 15.0. The average Bonchev–Trinajstić information content (AvgIpc) is 2.91. The van der Waals surface area contributed by atoms with E-state index in [1.807, 2.05) is 20.0 Å². The van der Waals surface area contributed by atoms with Gasteiger partial charge in [0.1, 0.15) is 5.82 Å². The van der Waals surface area contributed by atoms with Crippen LogP contribution in [0.3, 0.4) is 0 Å². The molecule has 1 aromatic carbocycles. The molecule has 21 heavy (non-hydrogen) atoms. The van der Waals surface area contributed by atoms with Crippen molar-refractivity contribution < 1.29 is 9.13 Å². The summed E-state index contributed by atoms with van der Waals surface area (Å²) in [5, 5.41) is 3.42. The molecular formula is C18H26FNO. The molecule has 116 valence electrons. The van der Waals surface area contributed by atoms with Crippen LogP contribution in [-0.2, 0) is 4.74 Å². The summed E-state index contributed by atoms with van der Waals surface area (Å²) in [7, 11) is 1.99. The number of hydrogen-bond acceptors (Lipinski definition) is 2. The van der Waals surface area contributed by atoms with E-state index in [9.17, 15) is 4.39 Å². The SMILES string of the molecule is CNC(c1ccc(C)c(F)c1)C1CCOC2(CCCC2)C1. The summed E-state index contributed by atoms with van der Waals surface area (Å²) in [5.74, 6) is 0.430. The van der Waals surface area contributed by atoms with Crippen molar-refractivity contribution in [2.45, 2.75) is 57.1 Å². The molecule has 0 aromatic heterocycles. The van der Waals surface area contributed by atoms with Gasteiger partial charge in [0.25, 0.3) is 0 Å². The van der Waals surface area contributed by atoms with Crippen LogP contribution in [0.2, 0.25) is 0 Å². The van der Waals surface area contributed by atoms with Gasteiger partial charge in [-0.15, -0.1) is 0 Å². The summed E-state index contributed by atoms with van der Waals surface area (Å²) in [6, 6.07) is 5.88. The summed E-state index contributed by atoms with van der Waals surface area (Å²) in [6.07, 6.45) is 7.13. The minimum Gasteiger partial charge on any atom is -0.375 e. The second-order valence-electron chi connectivity index (χ2n) is 6.77. The van der Waals surface area contributed by atoms with Gasteiger partial charge in [-0.1, -0.05) is 25.0 Å². The maximum absolute atomic E-state index is 13.9. The summed E-state index contributed by atoms with van der Waals surface area (Å²) in [4.78, 5) is 0. The highest BCUT2D eigenvalue weighted by atomic mass is 19.1. The molecule has 1 saturated carbocycles. The number of halogens is 1. The van der Waals surface area contributed by atoms with Crippen LogP contribution in [-0.4, -0.2) is 19.3 Å². The molecule has 1 aliphatic heterocycles. The lowest BCUT2D eigenvalue weighted by Crippen LogP contribution is -2.41. The molecule has 2 nitrogen and oxygen atoms in total. The Balaban J connectivity index is 1.80.